The topological polar surface area (TPSA) is 46.5 Å². The minimum absolute atomic E-state index is 0.0347. The van der Waals surface area contributed by atoms with E-state index in [0.29, 0.717) is 0 Å². The summed E-state index contributed by atoms with van der Waals surface area (Å²) >= 11 is 0.958. The van der Waals surface area contributed by atoms with E-state index >= 15 is 0 Å². The van der Waals surface area contributed by atoms with Crippen molar-refractivity contribution in [2.24, 2.45) is 0 Å². The predicted molar refractivity (Wildman–Crippen MR) is 71.8 cm³/mol. The van der Waals surface area contributed by atoms with E-state index in [4.69, 9.17) is 9.84 Å². The predicted octanol–water partition coefficient (Wildman–Crippen LogP) is 4.61. The monoisotopic (exact) mass is 316 g/mol. The molecule has 0 aliphatic carbocycles. The van der Waals surface area contributed by atoms with Crippen LogP contribution in [0.5, 0.6) is 5.75 Å². The van der Waals surface area contributed by atoms with Crippen LogP contribution in [0.1, 0.15) is 33.8 Å². The molecule has 0 aliphatic rings. The molecule has 1 heterocycles. The van der Waals surface area contributed by atoms with Gasteiger partial charge in [-0.05, 0) is 24.4 Å². The Labute approximate surface area is 122 Å². The van der Waals surface area contributed by atoms with Gasteiger partial charge in [-0.3, -0.25) is 0 Å². The van der Waals surface area contributed by atoms with E-state index in [9.17, 15) is 18.0 Å². The van der Waals surface area contributed by atoms with Gasteiger partial charge in [0.05, 0.1) is 5.56 Å². The molecule has 1 N–H and O–H groups in total. The smallest absolute Gasteiger partial charge is 0.416 e. The maximum atomic E-state index is 12.9. The Morgan fingerprint density at radius 3 is 2.57 bits per heavy atom. The summed E-state index contributed by atoms with van der Waals surface area (Å²) in [5.74, 6) is -1.10. The molecule has 7 heteroatoms. The van der Waals surface area contributed by atoms with Crippen LogP contribution in [0.15, 0.2) is 35.7 Å². The van der Waals surface area contributed by atoms with Crippen LogP contribution in [0.3, 0.4) is 0 Å². The molecule has 0 spiro atoms. The zero-order valence-corrected chi connectivity index (χ0v) is 11.7. The van der Waals surface area contributed by atoms with Gasteiger partial charge in [0, 0.05) is 5.56 Å². The highest BCUT2D eigenvalue weighted by molar-refractivity contribution is 7.12. The number of hydrogen-bond acceptors (Lipinski definition) is 3. The van der Waals surface area contributed by atoms with Crippen molar-refractivity contribution < 1.29 is 27.8 Å². The number of carboxylic acids is 1. The normalized spacial score (nSPS) is 13.0. The second-order valence-electron chi connectivity index (χ2n) is 4.26. The van der Waals surface area contributed by atoms with Crippen molar-refractivity contribution in [2.45, 2.75) is 19.2 Å². The Morgan fingerprint density at radius 2 is 1.95 bits per heavy atom. The molecule has 1 atom stereocenters. The van der Waals surface area contributed by atoms with Crippen LogP contribution in [-0.2, 0) is 6.18 Å². The van der Waals surface area contributed by atoms with E-state index < -0.39 is 23.8 Å². The first kappa shape index (κ1) is 15.4. The highest BCUT2D eigenvalue weighted by Gasteiger charge is 2.34. The van der Waals surface area contributed by atoms with Gasteiger partial charge in [-0.2, -0.15) is 13.2 Å². The van der Waals surface area contributed by atoms with Crippen LogP contribution in [-0.4, -0.2) is 11.1 Å². The molecular weight excluding hydrogens is 305 g/mol. The molecule has 0 bridgehead atoms. The summed E-state index contributed by atoms with van der Waals surface area (Å²) in [4.78, 5) is 10.9. The van der Waals surface area contributed by atoms with Crippen LogP contribution in [0.25, 0.3) is 0 Å². The summed E-state index contributed by atoms with van der Waals surface area (Å²) in [6.45, 7) is 1.45. The summed E-state index contributed by atoms with van der Waals surface area (Å²) in [5.41, 5.74) is -0.822. The van der Waals surface area contributed by atoms with Crippen molar-refractivity contribution in [2.75, 3.05) is 0 Å². The maximum Gasteiger partial charge on any atom is 0.416 e. The molecule has 3 nitrogen and oxygen atoms in total. The third-order valence-corrected chi connectivity index (χ3v) is 3.71. The van der Waals surface area contributed by atoms with Gasteiger partial charge < -0.3 is 9.84 Å². The number of benzene rings is 1. The van der Waals surface area contributed by atoms with Crippen molar-refractivity contribution in [3.63, 3.8) is 0 Å². The largest absolute Gasteiger partial charge is 0.484 e. The summed E-state index contributed by atoms with van der Waals surface area (Å²) in [7, 11) is 0. The molecule has 112 valence electrons. The van der Waals surface area contributed by atoms with Crippen LogP contribution in [0.2, 0.25) is 0 Å². The molecule has 0 aliphatic heterocycles. The number of alkyl halides is 3. The molecule has 0 saturated heterocycles. The van der Waals surface area contributed by atoms with Gasteiger partial charge in [0.15, 0.2) is 4.88 Å². The minimum atomic E-state index is -4.49. The fraction of sp³-hybridized carbons (Fsp3) is 0.214. The van der Waals surface area contributed by atoms with Crippen molar-refractivity contribution >= 4 is 17.3 Å². The minimum Gasteiger partial charge on any atom is -0.484 e. The first-order valence-corrected chi connectivity index (χ1v) is 6.82. The number of rotatable bonds is 4. The van der Waals surface area contributed by atoms with E-state index in [1.54, 1.807) is 0 Å². The molecule has 0 saturated carbocycles. The quantitative estimate of drug-likeness (QED) is 0.896. The zero-order chi connectivity index (χ0) is 15.6. The maximum absolute atomic E-state index is 12.9. The number of carboxylic acid groups (broad SMARTS) is 1. The number of carbonyl (C=O) groups is 1. The molecular formula is C14H11F3O3S. The Hall–Kier alpha value is -2.02. The lowest BCUT2D eigenvalue weighted by atomic mass is 10.0. The summed E-state index contributed by atoms with van der Waals surface area (Å²) in [6, 6.07) is 6.50. The Bertz CT molecular complexity index is 649. The first-order chi connectivity index (χ1) is 9.80. The number of hydrogen-bond donors (Lipinski definition) is 1. The van der Waals surface area contributed by atoms with Gasteiger partial charge in [-0.1, -0.05) is 18.2 Å². The van der Waals surface area contributed by atoms with Crippen molar-refractivity contribution in [1.29, 1.82) is 0 Å². The summed E-state index contributed by atoms with van der Waals surface area (Å²) in [6.07, 6.45) is -5.41. The number of thiophene rings is 1. The van der Waals surface area contributed by atoms with E-state index in [2.05, 4.69) is 0 Å². The first-order valence-electron chi connectivity index (χ1n) is 5.94. The third-order valence-electron chi connectivity index (χ3n) is 2.83. The highest BCUT2D eigenvalue weighted by atomic mass is 32.1. The second-order valence-corrected chi connectivity index (χ2v) is 5.18. The lowest BCUT2D eigenvalue weighted by Gasteiger charge is -2.19. The van der Waals surface area contributed by atoms with Gasteiger partial charge in [0.1, 0.15) is 11.9 Å². The number of aromatic carboxylic acids is 1. The molecule has 2 rings (SSSR count). The van der Waals surface area contributed by atoms with E-state index in [1.807, 2.05) is 0 Å². The summed E-state index contributed by atoms with van der Waals surface area (Å²) < 4.78 is 44.2. The van der Waals surface area contributed by atoms with E-state index in [1.165, 1.54) is 36.6 Å². The standard InChI is InChI=1S/C14H11F3O3S/c1-8(20-11-6-7-21-12(11)13(18)19)9-4-2-3-5-10(9)14(15,16)17/h2-8H,1H3,(H,18,19)/t8-/m1/s1. The Balaban J connectivity index is 2.31. The molecule has 2 aromatic rings. The number of halogens is 3. The van der Waals surface area contributed by atoms with Gasteiger partial charge in [0.25, 0.3) is 0 Å². The van der Waals surface area contributed by atoms with Crippen LogP contribution < -0.4 is 4.74 Å². The molecule has 0 fully saturated rings. The molecule has 21 heavy (non-hydrogen) atoms. The zero-order valence-electron chi connectivity index (χ0n) is 10.8. The molecule has 0 unspecified atom stereocenters. The molecule has 0 amide bonds. The molecule has 1 aromatic heterocycles. The SMILES string of the molecule is C[C@@H](Oc1ccsc1C(=O)O)c1ccccc1C(F)(F)F. The third kappa shape index (κ3) is 3.36. The van der Waals surface area contributed by atoms with Gasteiger partial charge in [-0.25, -0.2) is 4.79 Å². The van der Waals surface area contributed by atoms with Crippen LogP contribution >= 0.6 is 11.3 Å². The van der Waals surface area contributed by atoms with Gasteiger partial charge in [0.2, 0.25) is 0 Å². The highest BCUT2D eigenvalue weighted by Crippen LogP contribution is 2.37. The number of ether oxygens (including phenoxy) is 1. The Kier molecular flexibility index (Phi) is 4.22. The van der Waals surface area contributed by atoms with Gasteiger partial charge in [-0.15, -0.1) is 11.3 Å². The van der Waals surface area contributed by atoms with E-state index in [0.717, 1.165) is 17.4 Å². The second kappa shape index (κ2) is 5.77. The fourth-order valence-corrected chi connectivity index (χ4v) is 2.57. The van der Waals surface area contributed by atoms with Crippen molar-refractivity contribution in [3.05, 3.63) is 51.7 Å². The lowest BCUT2D eigenvalue weighted by Crippen LogP contribution is -2.14. The Morgan fingerprint density at radius 1 is 1.29 bits per heavy atom. The van der Waals surface area contributed by atoms with Crippen molar-refractivity contribution in [1.82, 2.24) is 0 Å². The fourth-order valence-electron chi connectivity index (χ4n) is 1.91. The lowest BCUT2D eigenvalue weighted by molar-refractivity contribution is -0.139. The van der Waals surface area contributed by atoms with Crippen molar-refractivity contribution in [3.8, 4) is 5.75 Å². The van der Waals surface area contributed by atoms with Crippen LogP contribution in [0, 0.1) is 0 Å². The van der Waals surface area contributed by atoms with E-state index in [-0.39, 0.29) is 16.2 Å². The summed E-state index contributed by atoms with van der Waals surface area (Å²) in [5, 5.41) is 10.5. The van der Waals surface area contributed by atoms with Crippen LogP contribution in [0.4, 0.5) is 13.2 Å². The van der Waals surface area contributed by atoms with Gasteiger partial charge >= 0.3 is 12.1 Å². The molecule has 1 aromatic carbocycles. The average Bonchev–Trinajstić information content (AvgIpc) is 2.86. The molecule has 0 radical (unpaired) electrons. The average molecular weight is 316 g/mol.